The van der Waals surface area contributed by atoms with Crippen molar-refractivity contribution in [3.8, 4) is 0 Å². The molecule has 0 saturated carbocycles. The van der Waals surface area contributed by atoms with E-state index in [-0.39, 0.29) is 5.03 Å². The fourth-order valence-electron chi connectivity index (χ4n) is 1.80. The van der Waals surface area contributed by atoms with Crippen LogP contribution in [0.1, 0.15) is 5.82 Å². The van der Waals surface area contributed by atoms with Crippen LogP contribution in [0.15, 0.2) is 35.5 Å². The predicted octanol–water partition coefficient (Wildman–Crippen LogP) is 1.40. The van der Waals surface area contributed by atoms with Gasteiger partial charge in [0.25, 0.3) is 10.0 Å². The lowest BCUT2D eigenvalue weighted by Gasteiger charge is -2.05. The highest BCUT2D eigenvalue weighted by atomic mass is 32.2. The summed E-state index contributed by atoms with van der Waals surface area (Å²) in [7, 11) is -3.63. The molecule has 0 atom stereocenters. The number of imidazole rings is 1. The lowest BCUT2D eigenvalue weighted by Crippen LogP contribution is -2.13. The van der Waals surface area contributed by atoms with Crippen molar-refractivity contribution >= 4 is 26.7 Å². The molecule has 0 aliphatic heterocycles. The lowest BCUT2D eigenvalue weighted by atomic mass is 10.3. The van der Waals surface area contributed by atoms with Crippen LogP contribution in [0.3, 0.4) is 0 Å². The summed E-state index contributed by atoms with van der Waals surface area (Å²) in [4.78, 5) is 7.30. The summed E-state index contributed by atoms with van der Waals surface area (Å²) in [5.41, 5.74) is 2.04. The fraction of sp³-hybridized carbons (Fsp3) is 0.0909. The topological polar surface area (TPSA) is 104 Å². The molecule has 3 aromatic rings. The van der Waals surface area contributed by atoms with Crippen molar-refractivity contribution in [2.45, 2.75) is 11.9 Å². The summed E-state index contributed by atoms with van der Waals surface area (Å²) < 4.78 is 26.5. The summed E-state index contributed by atoms with van der Waals surface area (Å²) >= 11 is 0. The second-order valence-electron chi connectivity index (χ2n) is 4.08. The summed E-state index contributed by atoms with van der Waals surface area (Å²) in [6, 6.07) is 6.50. The van der Waals surface area contributed by atoms with Crippen molar-refractivity contribution in [2.24, 2.45) is 0 Å². The van der Waals surface area contributed by atoms with Crippen LogP contribution in [-0.2, 0) is 10.0 Å². The molecular formula is C11H11N5O2S. The van der Waals surface area contributed by atoms with Crippen LogP contribution >= 0.6 is 0 Å². The van der Waals surface area contributed by atoms with Gasteiger partial charge in [-0.3, -0.25) is 9.82 Å². The first-order valence-corrected chi connectivity index (χ1v) is 7.01. The third-order valence-corrected chi connectivity index (χ3v) is 3.93. The van der Waals surface area contributed by atoms with Gasteiger partial charge in [0.15, 0.2) is 5.03 Å². The lowest BCUT2D eigenvalue weighted by molar-refractivity contribution is 0.597. The van der Waals surface area contributed by atoms with Gasteiger partial charge in [0.1, 0.15) is 5.82 Å². The Labute approximate surface area is 109 Å². The Morgan fingerprint density at radius 3 is 2.84 bits per heavy atom. The Hall–Kier alpha value is -2.35. The number of nitrogens with zero attached hydrogens (tertiary/aromatic N) is 2. The summed E-state index contributed by atoms with van der Waals surface area (Å²) in [5.74, 6) is 0.781. The van der Waals surface area contributed by atoms with E-state index in [4.69, 9.17) is 0 Å². The molecule has 0 spiro atoms. The second-order valence-corrected chi connectivity index (χ2v) is 5.73. The molecule has 1 aromatic carbocycles. The number of aryl methyl sites for hydroxylation is 1. The van der Waals surface area contributed by atoms with Crippen LogP contribution in [0.5, 0.6) is 0 Å². The summed E-state index contributed by atoms with van der Waals surface area (Å²) in [6.45, 7) is 1.84. The number of hydrogen-bond donors (Lipinski definition) is 3. The number of fused-ring (bicyclic) bond motifs is 1. The molecule has 0 bridgehead atoms. The third-order valence-electron chi connectivity index (χ3n) is 2.62. The average molecular weight is 277 g/mol. The minimum Gasteiger partial charge on any atom is -0.342 e. The van der Waals surface area contributed by atoms with Gasteiger partial charge in [-0.15, -0.1) is 0 Å². The molecule has 98 valence electrons. The molecule has 0 radical (unpaired) electrons. The number of benzene rings is 1. The van der Waals surface area contributed by atoms with E-state index < -0.39 is 10.0 Å². The Kier molecular flexibility index (Phi) is 2.53. The van der Waals surface area contributed by atoms with E-state index in [0.29, 0.717) is 5.69 Å². The highest BCUT2D eigenvalue weighted by Crippen LogP contribution is 2.19. The first kappa shape index (κ1) is 11.7. The van der Waals surface area contributed by atoms with Crippen LogP contribution < -0.4 is 4.72 Å². The zero-order chi connectivity index (χ0) is 13.5. The van der Waals surface area contributed by atoms with Gasteiger partial charge in [-0.2, -0.15) is 13.5 Å². The van der Waals surface area contributed by atoms with Crippen LogP contribution in [0, 0.1) is 6.92 Å². The minimum atomic E-state index is -3.63. The maximum Gasteiger partial charge on any atom is 0.278 e. The van der Waals surface area contributed by atoms with Gasteiger partial charge in [-0.05, 0) is 31.2 Å². The molecule has 7 nitrogen and oxygen atoms in total. The molecule has 2 heterocycles. The van der Waals surface area contributed by atoms with Crippen molar-refractivity contribution in [2.75, 3.05) is 4.72 Å². The molecule has 3 rings (SSSR count). The van der Waals surface area contributed by atoms with E-state index in [1.807, 2.05) is 6.92 Å². The quantitative estimate of drug-likeness (QED) is 0.673. The number of rotatable bonds is 3. The van der Waals surface area contributed by atoms with Gasteiger partial charge < -0.3 is 4.98 Å². The summed E-state index contributed by atoms with van der Waals surface area (Å²) in [5, 5.41) is 6.06. The maximum atomic E-state index is 12.0. The molecule has 2 aromatic heterocycles. The van der Waals surface area contributed by atoms with E-state index in [2.05, 4.69) is 24.9 Å². The molecule has 0 amide bonds. The van der Waals surface area contributed by atoms with Gasteiger partial charge in [0, 0.05) is 0 Å². The Morgan fingerprint density at radius 1 is 1.26 bits per heavy atom. The van der Waals surface area contributed by atoms with Gasteiger partial charge in [0.05, 0.1) is 22.9 Å². The number of anilines is 1. The molecule has 0 saturated heterocycles. The van der Waals surface area contributed by atoms with Crippen LogP contribution in [0.4, 0.5) is 5.69 Å². The largest absolute Gasteiger partial charge is 0.342 e. The molecular weight excluding hydrogens is 266 g/mol. The van der Waals surface area contributed by atoms with E-state index in [1.54, 1.807) is 18.2 Å². The number of aromatic amines is 2. The second kappa shape index (κ2) is 4.09. The van der Waals surface area contributed by atoms with E-state index in [0.717, 1.165) is 16.9 Å². The zero-order valence-corrected chi connectivity index (χ0v) is 10.8. The van der Waals surface area contributed by atoms with E-state index in [9.17, 15) is 8.42 Å². The first-order valence-electron chi connectivity index (χ1n) is 5.53. The van der Waals surface area contributed by atoms with Crippen LogP contribution in [0.25, 0.3) is 11.0 Å². The molecule has 19 heavy (non-hydrogen) atoms. The van der Waals surface area contributed by atoms with Crippen LogP contribution in [-0.4, -0.2) is 28.6 Å². The van der Waals surface area contributed by atoms with E-state index >= 15 is 0 Å². The normalized spacial score (nSPS) is 11.8. The predicted molar refractivity (Wildman–Crippen MR) is 70.2 cm³/mol. The van der Waals surface area contributed by atoms with Gasteiger partial charge in [0.2, 0.25) is 0 Å². The molecule has 8 heteroatoms. The Morgan fingerprint density at radius 2 is 2.11 bits per heavy atom. The smallest absolute Gasteiger partial charge is 0.278 e. The number of nitrogens with one attached hydrogen (secondary N) is 3. The molecule has 3 N–H and O–H groups in total. The number of H-pyrrole nitrogens is 2. The highest BCUT2D eigenvalue weighted by Gasteiger charge is 2.15. The van der Waals surface area contributed by atoms with E-state index in [1.165, 1.54) is 12.3 Å². The number of aromatic nitrogens is 4. The summed E-state index contributed by atoms with van der Waals surface area (Å²) in [6.07, 6.45) is 1.38. The highest BCUT2D eigenvalue weighted by molar-refractivity contribution is 7.92. The van der Waals surface area contributed by atoms with Crippen molar-refractivity contribution in [3.63, 3.8) is 0 Å². The monoisotopic (exact) mass is 277 g/mol. The third kappa shape index (κ3) is 2.17. The fourth-order valence-corrected chi connectivity index (χ4v) is 2.76. The standard InChI is InChI=1S/C11H11N5O2S/c1-7-13-9-3-2-8(6-10(9)14-7)16-19(17,18)11-4-5-12-15-11/h2-6,16H,1H3,(H,12,15)(H,13,14). The van der Waals surface area contributed by atoms with Gasteiger partial charge in [-0.25, -0.2) is 4.98 Å². The van der Waals surface area contributed by atoms with Gasteiger partial charge in [-0.1, -0.05) is 0 Å². The Bertz CT molecular complexity index is 820. The number of sulfonamides is 1. The van der Waals surface area contributed by atoms with Crippen molar-refractivity contribution in [1.29, 1.82) is 0 Å². The van der Waals surface area contributed by atoms with Crippen molar-refractivity contribution in [1.82, 2.24) is 20.2 Å². The number of hydrogen-bond acceptors (Lipinski definition) is 4. The molecule has 0 aliphatic rings. The molecule has 0 aliphatic carbocycles. The van der Waals surface area contributed by atoms with Crippen molar-refractivity contribution in [3.05, 3.63) is 36.3 Å². The Balaban J connectivity index is 1.97. The van der Waals surface area contributed by atoms with Gasteiger partial charge >= 0.3 is 0 Å². The molecule has 0 fully saturated rings. The first-order chi connectivity index (χ1) is 9.04. The maximum absolute atomic E-state index is 12.0. The SMILES string of the molecule is Cc1nc2ccc(NS(=O)(=O)c3ccn[nH]3)cc2[nH]1. The van der Waals surface area contributed by atoms with Crippen LogP contribution in [0.2, 0.25) is 0 Å². The average Bonchev–Trinajstić information content (AvgIpc) is 2.95. The minimum absolute atomic E-state index is 0.0217. The van der Waals surface area contributed by atoms with Crippen molar-refractivity contribution < 1.29 is 8.42 Å². The zero-order valence-electron chi connectivity index (χ0n) is 10.0. The molecule has 0 unspecified atom stereocenters.